The molecule has 2 N–H and O–H groups in total. The molecule has 0 aromatic carbocycles. The van der Waals surface area contributed by atoms with E-state index in [2.05, 4.69) is 15.0 Å². The molecular formula is C18H23F3N4O. The highest BCUT2D eigenvalue weighted by Gasteiger charge is 2.52. The molecule has 1 atom stereocenters. The van der Waals surface area contributed by atoms with Crippen molar-refractivity contribution < 1.29 is 17.9 Å². The van der Waals surface area contributed by atoms with E-state index in [9.17, 15) is 13.2 Å². The van der Waals surface area contributed by atoms with Crippen molar-refractivity contribution in [3.8, 4) is 17.1 Å². The number of nitrogens with two attached hydrogens (primary N) is 1. The molecule has 0 spiro atoms. The summed E-state index contributed by atoms with van der Waals surface area (Å²) in [5.41, 5.74) is 5.22. The van der Waals surface area contributed by atoms with Crippen molar-refractivity contribution in [3.63, 3.8) is 0 Å². The van der Waals surface area contributed by atoms with Crippen LogP contribution in [0.4, 0.5) is 13.2 Å². The van der Waals surface area contributed by atoms with Crippen molar-refractivity contribution in [1.82, 2.24) is 15.0 Å². The Bertz CT molecular complexity index is 764. The highest BCUT2D eigenvalue weighted by atomic mass is 19.4. The van der Waals surface area contributed by atoms with Crippen LogP contribution in [-0.4, -0.2) is 33.3 Å². The van der Waals surface area contributed by atoms with Gasteiger partial charge in [0.05, 0.1) is 5.69 Å². The third-order valence-electron chi connectivity index (χ3n) is 3.91. The minimum atomic E-state index is -4.57. The zero-order valence-corrected chi connectivity index (χ0v) is 15.3. The summed E-state index contributed by atoms with van der Waals surface area (Å²) in [6.45, 7) is 6.18. The zero-order chi connectivity index (χ0) is 19.5. The lowest BCUT2D eigenvalue weighted by atomic mass is 9.90. The fourth-order valence-electron chi connectivity index (χ4n) is 2.65. The first-order valence-corrected chi connectivity index (χ1v) is 8.27. The Morgan fingerprint density at radius 2 is 1.88 bits per heavy atom. The van der Waals surface area contributed by atoms with Crippen molar-refractivity contribution in [2.24, 2.45) is 11.7 Å². The number of aryl methyl sites for hydroxylation is 2. The third-order valence-corrected chi connectivity index (χ3v) is 3.91. The Balaban J connectivity index is 2.19. The van der Waals surface area contributed by atoms with Crippen molar-refractivity contribution in [2.45, 2.75) is 45.8 Å². The van der Waals surface area contributed by atoms with Crippen LogP contribution in [0.5, 0.6) is 5.88 Å². The van der Waals surface area contributed by atoms with Gasteiger partial charge in [0.25, 0.3) is 0 Å². The molecule has 1 unspecified atom stereocenters. The molecule has 0 amide bonds. The number of nitrogens with zero attached hydrogens (tertiary/aromatic N) is 3. The second-order valence-corrected chi connectivity index (χ2v) is 6.88. The molecule has 2 heterocycles. The van der Waals surface area contributed by atoms with Crippen molar-refractivity contribution >= 4 is 0 Å². The van der Waals surface area contributed by atoms with Gasteiger partial charge in [-0.2, -0.15) is 13.2 Å². The molecule has 5 nitrogen and oxygen atoms in total. The van der Waals surface area contributed by atoms with Crippen LogP contribution < -0.4 is 10.5 Å². The fourth-order valence-corrected chi connectivity index (χ4v) is 2.65. The number of pyridine rings is 1. The van der Waals surface area contributed by atoms with Gasteiger partial charge >= 0.3 is 6.18 Å². The maximum Gasteiger partial charge on any atom is 0.409 e. The first-order chi connectivity index (χ1) is 12.0. The number of hydrogen-bond acceptors (Lipinski definition) is 5. The third kappa shape index (κ3) is 4.69. The fraction of sp³-hybridized carbons (Fsp3) is 0.500. The lowest BCUT2D eigenvalue weighted by Gasteiger charge is -2.33. The molecule has 142 valence electrons. The van der Waals surface area contributed by atoms with Crippen molar-refractivity contribution in [1.29, 1.82) is 0 Å². The van der Waals surface area contributed by atoms with Crippen LogP contribution in [0.3, 0.4) is 0 Å². The highest BCUT2D eigenvalue weighted by Crippen LogP contribution is 2.34. The Hall–Kier alpha value is -2.22. The molecule has 0 aliphatic heterocycles. The standard InChI is InChI=1S/C18H23F3N4O/c1-11(2)8-17(22,18(19,20)21)10-26-16-12(3)7-14(9-24-16)15-5-6-23-13(4)25-15/h5-7,9,11H,8,10,22H2,1-4H3. The first kappa shape index (κ1) is 20.1. The number of halogens is 3. The molecule has 0 aliphatic rings. The first-order valence-electron chi connectivity index (χ1n) is 8.27. The molecule has 0 saturated carbocycles. The van der Waals surface area contributed by atoms with E-state index in [4.69, 9.17) is 10.5 Å². The summed E-state index contributed by atoms with van der Waals surface area (Å²) < 4.78 is 45.4. The van der Waals surface area contributed by atoms with Gasteiger partial charge in [-0.3, -0.25) is 0 Å². The van der Waals surface area contributed by atoms with E-state index in [1.54, 1.807) is 46.0 Å². The molecule has 0 radical (unpaired) electrons. The SMILES string of the molecule is Cc1nccc(-c2cnc(OCC(N)(CC(C)C)C(F)(F)F)c(C)c2)n1. The summed E-state index contributed by atoms with van der Waals surface area (Å²) in [4.78, 5) is 12.5. The molecule has 2 aromatic rings. The van der Waals surface area contributed by atoms with E-state index in [-0.39, 0.29) is 18.2 Å². The van der Waals surface area contributed by atoms with Gasteiger partial charge in [-0.05, 0) is 38.3 Å². The molecule has 2 aromatic heterocycles. The lowest BCUT2D eigenvalue weighted by Crippen LogP contribution is -2.58. The van der Waals surface area contributed by atoms with Gasteiger partial charge < -0.3 is 10.5 Å². The van der Waals surface area contributed by atoms with Gasteiger partial charge in [0.2, 0.25) is 5.88 Å². The Labute approximate surface area is 150 Å². The zero-order valence-electron chi connectivity index (χ0n) is 15.3. The number of ether oxygens (including phenoxy) is 1. The summed E-state index contributed by atoms with van der Waals surface area (Å²) in [7, 11) is 0. The molecule has 2 rings (SSSR count). The largest absolute Gasteiger partial charge is 0.475 e. The lowest BCUT2D eigenvalue weighted by molar-refractivity contribution is -0.198. The minimum Gasteiger partial charge on any atom is -0.475 e. The van der Waals surface area contributed by atoms with Crippen LogP contribution in [0.15, 0.2) is 24.5 Å². The van der Waals surface area contributed by atoms with Gasteiger partial charge in [-0.1, -0.05) is 13.8 Å². The van der Waals surface area contributed by atoms with Crippen LogP contribution in [0, 0.1) is 19.8 Å². The average Bonchev–Trinajstić information content (AvgIpc) is 2.52. The van der Waals surface area contributed by atoms with Crippen LogP contribution in [0.2, 0.25) is 0 Å². The Morgan fingerprint density at radius 1 is 1.19 bits per heavy atom. The predicted octanol–water partition coefficient (Wildman–Crippen LogP) is 3.84. The summed E-state index contributed by atoms with van der Waals surface area (Å²) >= 11 is 0. The van der Waals surface area contributed by atoms with E-state index in [1.165, 1.54) is 6.20 Å². The Kier molecular flexibility index (Phi) is 5.85. The number of rotatable bonds is 6. The molecule has 0 bridgehead atoms. The summed E-state index contributed by atoms with van der Waals surface area (Å²) in [5.74, 6) is 0.525. The van der Waals surface area contributed by atoms with Crippen molar-refractivity contribution in [3.05, 3.63) is 35.9 Å². The maximum absolute atomic E-state index is 13.4. The number of hydrogen-bond donors (Lipinski definition) is 1. The van der Waals surface area contributed by atoms with Crippen LogP contribution in [0.25, 0.3) is 11.3 Å². The molecule has 26 heavy (non-hydrogen) atoms. The molecule has 0 aliphatic carbocycles. The van der Waals surface area contributed by atoms with E-state index >= 15 is 0 Å². The number of aromatic nitrogens is 3. The van der Waals surface area contributed by atoms with E-state index in [0.29, 0.717) is 17.1 Å². The monoisotopic (exact) mass is 368 g/mol. The second-order valence-electron chi connectivity index (χ2n) is 6.88. The van der Waals surface area contributed by atoms with Gasteiger partial charge in [-0.25, -0.2) is 15.0 Å². The van der Waals surface area contributed by atoms with Gasteiger partial charge in [0, 0.05) is 23.5 Å². The maximum atomic E-state index is 13.4. The van der Waals surface area contributed by atoms with Crippen LogP contribution >= 0.6 is 0 Å². The van der Waals surface area contributed by atoms with Gasteiger partial charge in [0.15, 0.2) is 0 Å². The predicted molar refractivity (Wildman–Crippen MR) is 92.7 cm³/mol. The quantitative estimate of drug-likeness (QED) is 0.839. The van der Waals surface area contributed by atoms with Crippen LogP contribution in [-0.2, 0) is 0 Å². The summed E-state index contributed by atoms with van der Waals surface area (Å²) in [6.07, 6.45) is -1.65. The second kappa shape index (κ2) is 7.57. The van der Waals surface area contributed by atoms with Gasteiger partial charge in [-0.15, -0.1) is 0 Å². The smallest absolute Gasteiger partial charge is 0.409 e. The Morgan fingerprint density at radius 3 is 2.42 bits per heavy atom. The molecule has 8 heteroatoms. The minimum absolute atomic E-state index is 0.127. The summed E-state index contributed by atoms with van der Waals surface area (Å²) in [5, 5.41) is 0. The van der Waals surface area contributed by atoms with E-state index in [0.717, 1.165) is 5.56 Å². The average molecular weight is 368 g/mol. The summed E-state index contributed by atoms with van der Waals surface area (Å²) in [6, 6.07) is 3.50. The van der Waals surface area contributed by atoms with E-state index < -0.39 is 18.3 Å². The topological polar surface area (TPSA) is 73.9 Å². The van der Waals surface area contributed by atoms with Gasteiger partial charge in [0.1, 0.15) is 18.0 Å². The molecule has 0 saturated heterocycles. The number of alkyl halides is 3. The normalized spacial score (nSPS) is 14.3. The highest BCUT2D eigenvalue weighted by molar-refractivity contribution is 5.59. The van der Waals surface area contributed by atoms with Crippen molar-refractivity contribution in [2.75, 3.05) is 6.61 Å². The van der Waals surface area contributed by atoms with E-state index in [1.807, 2.05) is 0 Å². The van der Waals surface area contributed by atoms with Crippen LogP contribution in [0.1, 0.15) is 31.7 Å². The molecular weight excluding hydrogens is 345 g/mol. The molecule has 0 fully saturated rings.